The van der Waals surface area contributed by atoms with Gasteiger partial charge in [-0.15, -0.1) is 0 Å². The van der Waals surface area contributed by atoms with Gasteiger partial charge in [0.25, 0.3) is 0 Å². The zero-order valence-corrected chi connectivity index (χ0v) is 12.0. The first-order valence-electron chi connectivity index (χ1n) is 6.85. The van der Waals surface area contributed by atoms with Gasteiger partial charge in [-0.1, -0.05) is 33.6 Å². The molecule has 1 aromatic heterocycles. The van der Waals surface area contributed by atoms with Crippen LogP contribution in [-0.4, -0.2) is 16.3 Å². The summed E-state index contributed by atoms with van der Waals surface area (Å²) in [6.45, 7) is 9.86. The van der Waals surface area contributed by atoms with Crippen LogP contribution in [0.3, 0.4) is 0 Å². The van der Waals surface area contributed by atoms with Crippen LogP contribution in [0.2, 0.25) is 0 Å². The highest BCUT2D eigenvalue weighted by atomic mass is 15.3. The van der Waals surface area contributed by atoms with E-state index in [9.17, 15) is 0 Å². The molecule has 1 rings (SSSR count). The highest BCUT2D eigenvalue weighted by molar-refractivity contribution is 5.20. The van der Waals surface area contributed by atoms with Crippen molar-refractivity contribution in [2.45, 2.75) is 53.0 Å². The van der Waals surface area contributed by atoms with Crippen LogP contribution in [0.1, 0.15) is 57.3 Å². The molecule has 1 N–H and O–H groups in total. The summed E-state index contributed by atoms with van der Waals surface area (Å²) in [7, 11) is 2.00. The zero-order valence-electron chi connectivity index (χ0n) is 12.0. The molecule has 0 aliphatic rings. The smallest absolute Gasteiger partial charge is 0.0641 e. The third-order valence-electron chi connectivity index (χ3n) is 3.60. The van der Waals surface area contributed by atoms with Crippen LogP contribution < -0.4 is 5.32 Å². The molecule has 3 heteroatoms. The highest BCUT2D eigenvalue weighted by Crippen LogP contribution is 2.26. The lowest BCUT2D eigenvalue weighted by Crippen LogP contribution is -2.23. The van der Waals surface area contributed by atoms with E-state index in [1.165, 1.54) is 24.8 Å². The van der Waals surface area contributed by atoms with E-state index in [-0.39, 0.29) is 0 Å². The van der Waals surface area contributed by atoms with Crippen molar-refractivity contribution in [2.24, 2.45) is 13.0 Å². The van der Waals surface area contributed by atoms with Gasteiger partial charge in [0.15, 0.2) is 0 Å². The van der Waals surface area contributed by atoms with Crippen molar-refractivity contribution in [1.29, 1.82) is 0 Å². The molecule has 1 aromatic rings. The standard InChI is InChI=1S/C14H27N3/c1-6-12(7-2)9-14(15-8-3)13-10-17(5)16-11(13)4/h10,12,14-15H,6-9H2,1-5H3. The van der Waals surface area contributed by atoms with Crippen LogP contribution in [0, 0.1) is 12.8 Å². The molecule has 0 aliphatic carbocycles. The predicted octanol–water partition coefficient (Wildman–Crippen LogP) is 3.21. The van der Waals surface area contributed by atoms with Crippen LogP contribution >= 0.6 is 0 Å². The molecule has 0 aromatic carbocycles. The molecule has 1 heterocycles. The summed E-state index contributed by atoms with van der Waals surface area (Å²) in [4.78, 5) is 0. The Morgan fingerprint density at radius 1 is 1.29 bits per heavy atom. The molecule has 0 spiro atoms. The summed E-state index contributed by atoms with van der Waals surface area (Å²) in [5.74, 6) is 0.804. The fourth-order valence-corrected chi connectivity index (χ4v) is 2.48. The SMILES string of the molecule is CCNC(CC(CC)CC)c1cn(C)nc1C. The number of hydrogen-bond donors (Lipinski definition) is 1. The Kier molecular flexibility index (Phi) is 5.69. The summed E-state index contributed by atoms with van der Waals surface area (Å²) in [6.07, 6.45) is 5.90. The number of hydrogen-bond acceptors (Lipinski definition) is 2. The summed E-state index contributed by atoms with van der Waals surface area (Å²) in [5, 5.41) is 8.05. The van der Waals surface area contributed by atoms with Gasteiger partial charge in [-0.2, -0.15) is 5.10 Å². The Morgan fingerprint density at radius 3 is 2.35 bits per heavy atom. The minimum Gasteiger partial charge on any atom is -0.310 e. The van der Waals surface area contributed by atoms with Crippen molar-refractivity contribution in [3.63, 3.8) is 0 Å². The van der Waals surface area contributed by atoms with E-state index in [4.69, 9.17) is 0 Å². The maximum absolute atomic E-state index is 4.45. The number of nitrogens with zero attached hydrogens (tertiary/aromatic N) is 2. The second kappa shape index (κ2) is 6.80. The van der Waals surface area contributed by atoms with Crippen LogP contribution in [0.15, 0.2) is 6.20 Å². The molecule has 17 heavy (non-hydrogen) atoms. The maximum Gasteiger partial charge on any atom is 0.0641 e. The van der Waals surface area contributed by atoms with E-state index in [0.29, 0.717) is 6.04 Å². The van der Waals surface area contributed by atoms with Gasteiger partial charge >= 0.3 is 0 Å². The van der Waals surface area contributed by atoms with E-state index < -0.39 is 0 Å². The van der Waals surface area contributed by atoms with E-state index >= 15 is 0 Å². The molecular weight excluding hydrogens is 210 g/mol. The Bertz CT molecular complexity index is 326. The Labute approximate surface area is 106 Å². The summed E-state index contributed by atoms with van der Waals surface area (Å²) < 4.78 is 1.92. The van der Waals surface area contributed by atoms with E-state index in [0.717, 1.165) is 18.2 Å². The second-order valence-electron chi connectivity index (χ2n) is 4.87. The van der Waals surface area contributed by atoms with Crippen LogP contribution in [0.5, 0.6) is 0 Å². The quantitative estimate of drug-likeness (QED) is 0.789. The minimum atomic E-state index is 0.457. The molecule has 0 saturated carbocycles. The molecule has 0 radical (unpaired) electrons. The zero-order chi connectivity index (χ0) is 12.8. The lowest BCUT2D eigenvalue weighted by Gasteiger charge is -2.22. The largest absolute Gasteiger partial charge is 0.310 e. The van der Waals surface area contributed by atoms with Crippen molar-refractivity contribution in [3.05, 3.63) is 17.5 Å². The van der Waals surface area contributed by atoms with Crippen molar-refractivity contribution < 1.29 is 0 Å². The molecule has 0 bridgehead atoms. The Balaban J connectivity index is 2.81. The Morgan fingerprint density at radius 2 is 1.94 bits per heavy atom. The second-order valence-corrected chi connectivity index (χ2v) is 4.87. The molecule has 0 amide bonds. The molecule has 0 saturated heterocycles. The number of nitrogens with one attached hydrogen (secondary N) is 1. The van der Waals surface area contributed by atoms with Gasteiger partial charge in [0.2, 0.25) is 0 Å². The van der Waals surface area contributed by atoms with Gasteiger partial charge in [-0.05, 0) is 25.8 Å². The van der Waals surface area contributed by atoms with Crippen molar-refractivity contribution in [1.82, 2.24) is 15.1 Å². The molecule has 0 fully saturated rings. The maximum atomic E-state index is 4.45. The summed E-state index contributed by atoms with van der Waals surface area (Å²) >= 11 is 0. The van der Waals surface area contributed by atoms with Crippen molar-refractivity contribution >= 4 is 0 Å². The number of aromatic nitrogens is 2. The first-order chi connectivity index (χ1) is 8.12. The van der Waals surface area contributed by atoms with Gasteiger partial charge in [0.1, 0.15) is 0 Å². The molecule has 0 aliphatic heterocycles. The summed E-state index contributed by atoms with van der Waals surface area (Å²) in [5.41, 5.74) is 2.52. The molecule has 3 nitrogen and oxygen atoms in total. The van der Waals surface area contributed by atoms with Gasteiger partial charge in [-0.25, -0.2) is 0 Å². The third kappa shape index (κ3) is 3.84. The Hall–Kier alpha value is -0.830. The first kappa shape index (κ1) is 14.2. The van der Waals surface area contributed by atoms with E-state index in [2.05, 4.69) is 44.3 Å². The van der Waals surface area contributed by atoms with Crippen LogP contribution in [-0.2, 0) is 7.05 Å². The van der Waals surface area contributed by atoms with E-state index in [1.807, 2.05) is 11.7 Å². The average Bonchev–Trinajstić information content (AvgIpc) is 2.64. The molecule has 1 unspecified atom stereocenters. The molecule has 1 atom stereocenters. The van der Waals surface area contributed by atoms with Crippen LogP contribution in [0.25, 0.3) is 0 Å². The average molecular weight is 237 g/mol. The lowest BCUT2D eigenvalue weighted by molar-refractivity contribution is 0.374. The number of rotatable bonds is 7. The number of aryl methyl sites for hydroxylation is 2. The monoisotopic (exact) mass is 237 g/mol. The third-order valence-corrected chi connectivity index (χ3v) is 3.60. The van der Waals surface area contributed by atoms with Crippen LogP contribution in [0.4, 0.5) is 0 Å². The molecule has 98 valence electrons. The van der Waals surface area contributed by atoms with Crippen molar-refractivity contribution in [3.8, 4) is 0 Å². The van der Waals surface area contributed by atoms with Crippen molar-refractivity contribution in [2.75, 3.05) is 6.54 Å². The fraction of sp³-hybridized carbons (Fsp3) is 0.786. The normalized spacial score (nSPS) is 13.3. The van der Waals surface area contributed by atoms with Gasteiger partial charge in [0, 0.05) is 24.8 Å². The molecular formula is C14H27N3. The minimum absolute atomic E-state index is 0.457. The lowest BCUT2D eigenvalue weighted by atomic mass is 9.91. The topological polar surface area (TPSA) is 29.9 Å². The van der Waals surface area contributed by atoms with Gasteiger partial charge in [-0.3, -0.25) is 4.68 Å². The van der Waals surface area contributed by atoms with Gasteiger partial charge in [0.05, 0.1) is 5.69 Å². The predicted molar refractivity (Wildman–Crippen MR) is 73.1 cm³/mol. The first-order valence-corrected chi connectivity index (χ1v) is 6.85. The summed E-state index contributed by atoms with van der Waals surface area (Å²) in [6, 6.07) is 0.457. The highest BCUT2D eigenvalue weighted by Gasteiger charge is 2.18. The van der Waals surface area contributed by atoms with E-state index in [1.54, 1.807) is 0 Å². The van der Waals surface area contributed by atoms with Gasteiger partial charge < -0.3 is 5.32 Å². The fourth-order valence-electron chi connectivity index (χ4n) is 2.48.